The van der Waals surface area contributed by atoms with Gasteiger partial charge >= 0.3 is 11.9 Å². The number of ether oxygens (including phenoxy) is 4. The number of rotatable bonds is 9. The fourth-order valence-electron chi connectivity index (χ4n) is 6.72. The average molecular weight is 546 g/mol. The second-order valence-electron chi connectivity index (χ2n) is 11.9. The Morgan fingerprint density at radius 3 is 2.56 bits per heavy atom. The molecule has 39 heavy (non-hydrogen) atoms. The quantitative estimate of drug-likeness (QED) is 0.398. The zero-order valence-corrected chi connectivity index (χ0v) is 22.9. The Bertz CT molecular complexity index is 1140. The summed E-state index contributed by atoms with van der Waals surface area (Å²) in [5.74, 6) is -0.597. The van der Waals surface area contributed by atoms with Crippen LogP contribution in [0.3, 0.4) is 0 Å². The summed E-state index contributed by atoms with van der Waals surface area (Å²) in [6.45, 7) is 5.17. The first-order valence-corrected chi connectivity index (χ1v) is 13.8. The number of piperidine rings is 1. The highest BCUT2D eigenvalue weighted by molar-refractivity contribution is 5.85. The summed E-state index contributed by atoms with van der Waals surface area (Å²) in [7, 11) is 1.54. The predicted molar refractivity (Wildman–Crippen MR) is 139 cm³/mol. The van der Waals surface area contributed by atoms with Gasteiger partial charge < -0.3 is 34.3 Å². The number of esters is 1. The zero-order valence-electron chi connectivity index (χ0n) is 22.9. The van der Waals surface area contributed by atoms with Gasteiger partial charge in [-0.15, -0.1) is 0 Å². The van der Waals surface area contributed by atoms with E-state index in [4.69, 9.17) is 18.9 Å². The molecule has 10 nitrogen and oxygen atoms in total. The maximum Gasteiger partial charge on any atom is 0.339 e. The number of aliphatic hydroxyl groups is 2. The summed E-state index contributed by atoms with van der Waals surface area (Å²) in [5, 5.41) is 31.0. The van der Waals surface area contributed by atoms with Crippen LogP contribution in [0.15, 0.2) is 24.0 Å². The third-order valence-electron chi connectivity index (χ3n) is 8.53. The smallest absolute Gasteiger partial charge is 0.339 e. The highest BCUT2D eigenvalue weighted by Crippen LogP contribution is 2.49. The van der Waals surface area contributed by atoms with Crippen molar-refractivity contribution in [2.75, 3.05) is 27.0 Å². The van der Waals surface area contributed by atoms with E-state index in [2.05, 4.69) is 4.90 Å². The van der Waals surface area contributed by atoms with Crippen molar-refractivity contribution >= 4 is 11.9 Å². The number of hydrogen-bond acceptors (Lipinski definition) is 9. The molecule has 4 aliphatic rings. The van der Waals surface area contributed by atoms with E-state index >= 15 is 0 Å². The lowest BCUT2D eigenvalue weighted by molar-refractivity contribution is -0.179. The van der Waals surface area contributed by atoms with E-state index in [-0.39, 0.29) is 43.9 Å². The SMILES string of the molecule is COC1=CC2CCCN3CCc4cc5c(cc4C(C1OC(=O)C(O)(CCCC(C)(C)O)CC(=O)O)C23)OCO5. The molecule has 1 aromatic carbocycles. The lowest BCUT2D eigenvalue weighted by atomic mass is 9.71. The molecule has 5 unspecified atom stereocenters. The van der Waals surface area contributed by atoms with Gasteiger partial charge in [-0.25, -0.2) is 4.79 Å². The minimum Gasteiger partial charge on any atom is -0.497 e. The van der Waals surface area contributed by atoms with Crippen LogP contribution in [0.1, 0.15) is 69.4 Å². The van der Waals surface area contributed by atoms with Crippen molar-refractivity contribution in [3.8, 4) is 11.5 Å². The van der Waals surface area contributed by atoms with Gasteiger partial charge in [-0.05, 0) is 94.2 Å². The number of carboxylic acid groups (broad SMARTS) is 1. The second kappa shape index (κ2) is 10.6. The first kappa shape index (κ1) is 27.7. The molecule has 5 atom stereocenters. The van der Waals surface area contributed by atoms with Crippen molar-refractivity contribution in [1.82, 2.24) is 4.90 Å². The summed E-state index contributed by atoms with van der Waals surface area (Å²) in [4.78, 5) is 27.8. The van der Waals surface area contributed by atoms with Crippen LogP contribution in [0.2, 0.25) is 0 Å². The number of carboxylic acids is 1. The molecule has 1 saturated heterocycles. The molecule has 0 radical (unpaired) electrons. The van der Waals surface area contributed by atoms with E-state index in [1.54, 1.807) is 13.8 Å². The molecular weight excluding hydrogens is 506 g/mol. The molecule has 0 spiro atoms. The van der Waals surface area contributed by atoms with Gasteiger partial charge in [0.15, 0.2) is 23.2 Å². The van der Waals surface area contributed by atoms with Gasteiger partial charge in [0.25, 0.3) is 0 Å². The molecule has 0 amide bonds. The van der Waals surface area contributed by atoms with Crippen LogP contribution in [0.4, 0.5) is 0 Å². The van der Waals surface area contributed by atoms with Gasteiger partial charge in [0.2, 0.25) is 6.79 Å². The molecular formula is C29H39NO9. The predicted octanol–water partition coefficient (Wildman–Crippen LogP) is 2.74. The summed E-state index contributed by atoms with van der Waals surface area (Å²) >= 11 is 0. The van der Waals surface area contributed by atoms with Crippen LogP contribution in [-0.2, 0) is 25.5 Å². The Kier molecular flexibility index (Phi) is 7.56. The molecule has 10 heteroatoms. The van der Waals surface area contributed by atoms with Crippen molar-refractivity contribution < 1.29 is 43.9 Å². The van der Waals surface area contributed by atoms with Gasteiger partial charge in [-0.1, -0.05) is 0 Å². The molecule has 214 valence electrons. The molecule has 3 N–H and O–H groups in total. The van der Waals surface area contributed by atoms with Crippen LogP contribution in [0.5, 0.6) is 11.5 Å². The summed E-state index contributed by atoms with van der Waals surface area (Å²) < 4.78 is 23.2. The van der Waals surface area contributed by atoms with E-state index in [1.165, 1.54) is 7.11 Å². The average Bonchev–Trinajstić information content (AvgIpc) is 3.25. The lowest BCUT2D eigenvalue weighted by Crippen LogP contribution is -2.55. The largest absolute Gasteiger partial charge is 0.497 e. The number of carbonyl (C=O) groups is 2. The highest BCUT2D eigenvalue weighted by atomic mass is 16.7. The van der Waals surface area contributed by atoms with Gasteiger partial charge in [-0.2, -0.15) is 0 Å². The van der Waals surface area contributed by atoms with Crippen molar-refractivity contribution in [2.24, 2.45) is 5.92 Å². The Balaban J connectivity index is 1.52. The van der Waals surface area contributed by atoms with E-state index in [9.17, 15) is 24.9 Å². The molecule has 3 aliphatic heterocycles. The number of methoxy groups -OCH3 is 1. The number of nitrogens with zero attached hydrogens (tertiary/aromatic N) is 1. The third kappa shape index (κ3) is 5.60. The topological polar surface area (TPSA) is 135 Å². The van der Waals surface area contributed by atoms with Crippen molar-refractivity contribution in [1.29, 1.82) is 0 Å². The van der Waals surface area contributed by atoms with Gasteiger partial charge in [0.1, 0.15) is 5.76 Å². The van der Waals surface area contributed by atoms with Crippen LogP contribution >= 0.6 is 0 Å². The summed E-state index contributed by atoms with van der Waals surface area (Å²) in [6, 6.07) is 4.02. The highest BCUT2D eigenvalue weighted by Gasteiger charge is 2.51. The lowest BCUT2D eigenvalue weighted by Gasteiger charge is -2.48. The number of hydrogen-bond donors (Lipinski definition) is 3. The van der Waals surface area contributed by atoms with Gasteiger partial charge in [0.05, 0.1) is 19.1 Å². The Morgan fingerprint density at radius 1 is 1.13 bits per heavy atom. The van der Waals surface area contributed by atoms with Crippen LogP contribution in [-0.4, -0.2) is 82.5 Å². The molecule has 0 aromatic heterocycles. The summed E-state index contributed by atoms with van der Waals surface area (Å²) in [6.07, 6.45) is 3.58. The maximum absolute atomic E-state index is 13.7. The van der Waals surface area contributed by atoms with E-state index in [1.807, 2.05) is 18.2 Å². The molecule has 5 rings (SSSR count). The molecule has 1 aliphatic carbocycles. The van der Waals surface area contributed by atoms with Crippen LogP contribution < -0.4 is 9.47 Å². The standard InChI is InChI=1S/C29H39NO9/c1-28(2,34)8-5-9-29(35,15-23(31)32)27(33)39-26-22(36-3)13-18-6-4-10-30-11-7-17-12-20-21(38-16-37-20)14-19(17)24(26)25(18)30/h12-14,18,24-26,34-35H,4-11,15-16H2,1-3H3,(H,31,32). The number of fused-ring (bicyclic) bond motifs is 3. The van der Waals surface area contributed by atoms with Gasteiger partial charge in [0, 0.05) is 18.5 Å². The fraction of sp³-hybridized carbons (Fsp3) is 0.655. The molecule has 3 heterocycles. The first-order chi connectivity index (χ1) is 18.5. The first-order valence-electron chi connectivity index (χ1n) is 13.8. The third-order valence-corrected chi connectivity index (χ3v) is 8.53. The molecule has 0 bridgehead atoms. The second-order valence-corrected chi connectivity index (χ2v) is 11.9. The van der Waals surface area contributed by atoms with Crippen LogP contribution in [0.25, 0.3) is 0 Å². The molecule has 1 fully saturated rings. The Hall–Kier alpha value is -2.82. The van der Waals surface area contributed by atoms with Crippen molar-refractivity contribution in [2.45, 2.75) is 88.1 Å². The molecule has 0 saturated carbocycles. The maximum atomic E-state index is 13.7. The molecule has 1 aromatic rings. The monoisotopic (exact) mass is 545 g/mol. The number of carbonyl (C=O) groups excluding carboxylic acids is 1. The number of benzene rings is 1. The van der Waals surface area contributed by atoms with E-state index < -0.39 is 35.7 Å². The fourth-order valence-corrected chi connectivity index (χ4v) is 6.72. The minimum absolute atomic E-state index is 0.0415. The summed E-state index contributed by atoms with van der Waals surface area (Å²) in [5.41, 5.74) is -1.19. The van der Waals surface area contributed by atoms with Crippen molar-refractivity contribution in [3.63, 3.8) is 0 Å². The number of aliphatic carboxylic acids is 1. The van der Waals surface area contributed by atoms with Crippen LogP contribution in [0, 0.1) is 5.92 Å². The van der Waals surface area contributed by atoms with E-state index in [0.29, 0.717) is 17.3 Å². The Labute approximate surface area is 228 Å². The zero-order chi connectivity index (χ0) is 27.9. The Morgan fingerprint density at radius 2 is 1.87 bits per heavy atom. The van der Waals surface area contributed by atoms with E-state index in [0.717, 1.165) is 43.5 Å². The minimum atomic E-state index is -2.25. The van der Waals surface area contributed by atoms with Gasteiger partial charge in [-0.3, -0.25) is 9.69 Å². The van der Waals surface area contributed by atoms with Crippen molar-refractivity contribution in [3.05, 3.63) is 35.1 Å². The normalized spacial score (nSPS) is 27.4.